The lowest BCUT2D eigenvalue weighted by atomic mass is 25.9. The van der Waals surface area contributed by atoms with E-state index in [-0.39, 0.29) is 0 Å². The second kappa shape index (κ2) is 4.10. The van der Waals surface area contributed by atoms with Crippen LogP contribution in [0.4, 0.5) is 0 Å². The average molecular weight is 253 g/mol. The molecule has 0 unspecified atom stereocenters. The molecule has 18 radical (unpaired) electrons. The summed E-state index contributed by atoms with van der Waals surface area (Å²) >= 11 is 0. The van der Waals surface area contributed by atoms with Crippen molar-refractivity contribution in [3.8, 4) is 0 Å². The van der Waals surface area contributed by atoms with E-state index in [1.54, 1.807) is 0 Å². The highest BCUT2D eigenvalue weighted by molar-refractivity contribution is 7.92. The lowest BCUT2D eigenvalue weighted by molar-refractivity contribution is 3.59. The monoisotopic (exact) mass is 252 g/mol. The maximum Gasteiger partial charge on any atom is 0.0259 e. The van der Waals surface area contributed by atoms with Crippen LogP contribution in [0.15, 0.2) is 0 Å². The van der Waals surface area contributed by atoms with Crippen LogP contribution in [-0.2, 0) is 0 Å². The number of hydrogen-bond donors (Lipinski definition) is 0. The van der Waals surface area contributed by atoms with E-state index in [9.17, 15) is 0 Å². The molecular formula is Si9. The molecule has 0 nitrogen and oxygen atoms in total. The van der Waals surface area contributed by atoms with E-state index in [1.807, 2.05) is 0 Å². The largest absolute Gasteiger partial charge is 0.0527 e. The topological polar surface area (TPSA) is 0 Å². The van der Waals surface area contributed by atoms with Crippen molar-refractivity contribution in [2.75, 3.05) is 0 Å². The Labute approximate surface area is 78.2 Å². The zero-order chi connectivity index (χ0) is 7.65. The standard InChI is InChI=1S/Si9/c1-7(2)8(3)9(4,5)6. The normalized spacial score (nSPS) is 11.3. The molecule has 0 spiro atoms. The van der Waals surface area contributed by atoms with Crippen molar-refractivity contribution in [1.29, 1.82) is 0 Å². The van der Waals surface area contributed by atoms with Gasteiger partial charge in [-0.1, -0.05) is 13.9 Å². The molecule has 0 rings (SSSR count). The van der Waals surface area contributed by atoms with Crippen LogP contribution < -0.4 is 0 Å². The molecule has 0 atom stereocenters. The summed E-state index contributed by atoms with van der Waals surface area (Å²) in [4.78, 5) is 0. The SMILES string of the molecule is [Si][Si]([Si])=[Si]([Si])[Si]([Si])([Si])[Si]. The highest BCUT2D eigenvalue weighted by Crippen LogP contribution is 1.78. The summed E-state index contributed by atoms with van der Waals surface area (Å²) in [5, 5.41) is 0. The van der Waals surface area contributed by atoms with Gasteiger partial charge in [-0.2, -0.15) is 0 Å². The first-order valence-electron chi connectivity index (χ1n) is 2.00. The van der Waals surface area contributed by atoms with Gasteiger partial charge in [-0.3, -0.25) is 0 Å². The van der Waals surface area contributed by atoms with Gasteiger partial charge < -0.3 is 0 Å². The number of hydrogen-bond acceptors (Lipinski definition) is 0. The van der Waals surface area contributed by atoms with Crippen LogP contribution >= 0.6 is 0 Å². The molecule has 0 saturated carbocycles. The molecule has 36 valence electrons. The van der Waals surface area contributed by atoms with E-state index in [4.69, 9.17) is 0 Å². The first kappa shape index (κ1) is 11.0. The Morgan fingerprint density at radius 3 is 1.22 bits per heavy atom. The summed E-state index contributed by atoms with van der Waals surface area (Å²) in [5.74, 6) is 0. The van der Waals surface area contributed by atoms with Crippen LogP contribution in [-0.4, -0.2) is 78.6 Å². The molecule has 0 aliphatic rings. The fourth-order valence-electron chi connectivity index (χ4n) is 0.188. The Hall–Kier alpha value is 1.95. The van der Waals surface area contributed by atoms with Crippen molar-refractivity contribution < 1.29 is 0 Å². The van der Waals surface area contributed by atoms with Crippen LogP contribution in [0, 0.1) is 0 Å². The summed E-state index contributed by atoms with van der Waals surface area (Å²) < 4.78 is 0. The van der Waals surface area contributed by atoms with E-state index in [2.05, 4.69) is 58.6 Å². The van der Waals surface area contributed by atoms with Gasteiger partial charge in [0.05, 0.1) is 0 Å². The van der Waals surface area contributed by atoms with Crippen LogP contribution in [0.25, 0.3) is 0 Å². The summed E-state index contributed by atoms with van der Waals surface area (Å²) in [6, 6.07) is 0. The number of rotatable bonds is 1. The molecule has 0 heterocycles. The summed E-state index contributed by atoms with van der Waals surface area (Å²) in [7, 11) is 21.7. The Bertz CT molecular complexity index is 117. The van der Waals surface area contributed by atoms with Gasteiger partial charge in [0.1, 0.15) is 0 Å². The second-order valence-corrected chi connectivity index (χ2v) is 40.5. The van der Waals surface area contributed by atoms with Crippen molar-refractivity contribution in [2.45, 2.75) is 0 Å². The molecule has 0 aliphatic heterocycles. The van der Waals surface area contributed by atoms with Crippen molar-refractivity contribution in [3.05, 3.63) is 0 Å². The van der Waals surface area contributed by atoms with E-state index < -0.39 is 20.0 Å². The van der Waals surface area contributed by atoms with Crippen LogP contribution in [0.1, 0.15) is 0 Å². The van der Waals surface area contributed by atoms with Crippen LogP contribution in [0.3, 0.4) is 0 Å². The highest BCUT2D eigenvalue weighted by Gasteiger charge is 2.16. The maximum atomic E-state index is 3.68. The van der Waals surface area contributed by atoms with Crippen molar-refractivity contribution >= 4 is 78.6 Å². The van der Waals surface area contributed by atoms with Gasteiger partial charge in [0.2, 0.25) is 0 Å². The van der Waals surface area contributed by atoms with Crippen molar-refractivity contribution in [1.82, 2.24) is 0 Å². The molecule has 9 heavy (non-hydrogen) atoms. The lowest BCUT2D eigenvalue weighted by Gasteiger charge is -2.17. The van der Waals surface area contributed by atoms with Crippen LogP contribution in [0.5, 0.6) is 0 Å². The van der Waals surface area contributed by atoms with Crippen molar-refractivity contribution in [3.63, 3.8) is 0 Å². The minimum Gasteiger partial charge on any atom is -0.0527 e. The quantitative estimate of drug-likeness (QED) is 0.427. The summed E-state index contributed by atoms with van der Waals surface area (Å²) in [6.07, 6.45) is -1.44. The maximum absolute atomic E-state index is 3.68. The molecule has 0 aromatic carbocycles. The van der Waals surface area contributed by atoms with E-state index in [0.29, 0.717) is 0 Å². The molecule has 0 N–H and O–H groups in total. The molecule has 0 amide bonds. The molecular weight excluding hydrogens is 253 g/mol. The van der Waals surface area contributed by atoms with Gasteiger partial charge in [-0.25, -0.2) is 0 Å². The summed E-state index contributed by atoms with van der Waals surface area (Å²) in [6.45, 7) is -1.04. The third-order valence-corrected chi connectivity index (χ3v) is 50.6. The molecule has 0 saturated heterocycles. The minimum absolute atomic E-state index is 0.508. The Morgan fingerprint density at radius 2 is 1.22 bits per heavy atom. The molecule has 0 aromatic rings. The summed E-state index contributed by atoms with van der Waals surface area (Å²) in [5.41, 5.74) is 0. The Morgan fingerprint density at radius 1 is 0.889 bits per heavy atom. The van der Waals surface area contributed by atoms with Gasteiger partial charge in [-0.15, -0.1) is 0 Å². The minimum atomic E-state index is -1.44. The fraction of sp³-hybridized carbons (Fsp3) is 0. The predicted octanol–water partition coefficient (Wildman–Crippen LogP) is -3.43. The zero-order valence-corrected chi connectivity index (χ0v) is 13.5. The van der Waals surface area contributed by atoms with Crippen LogP contribution in [0.2, 0.25) is 0 Å². The molecule has 9 heteroatoms. The predicted molar refractivity (Wildman–Crippen MR) is 51.8 cm³/mol. The highest BCUT2D eigenvalue weighted by atomic mass is 30.3. The lowest BCUT2D eigenvalue weighted by Crippen LogP contribution is -2.54. The molecule has 0 bridgehead atoms. The van der Waals surface area contributed by atoms with E-state index >= 15 is 0 Å². The first-order chi connectivity index (χ1) is 3.85. The molecule has 0 aliphatic carbocycles. The van der Waals surface area contributed by atoms with Gasteiger partial charge in [0.25, 0.3) is 0 Å². The molecule has 0 aromatic heterocycles. The first-order valence-corrected chi connectivity index (χ1v) is 18.0. The molecule has 0 fully saturated rings. The third kappa shape index (κ3) is 4.41. The van der Waals surface area contributed by atoms with Gasteiger partial charge >= 0.3 is 0 Å². The van der Waals surface area contributed by atoms with Gasteiger partial charge in [-0.05, 0) is 0 Å². The Balaban J connectivity index is 4.40. The average Bonchev–Trinajstić information content (AvgIpc) is 1.62. The zero-order valence-electron chi connectivity index (χ0n) is 4.50. The third-order valence-electron chi connectivity index (χ3n) is 0.625. The van der Waals surface area contributed by atoms with Gasteiger partial charge in [0.15, 0.2) is 0 Å². The van der Waals surface area contributed by atoms with Gasteiger partial charge in [0, 0.05) is 64.7 Å². The fourth-order valence-corrected chi connectivity index (χ4v) is 45.6. The van der Waals surface area contributed by atoms with Crippen molar-refractivity contribution in [2.24, 2.45) is 0 Å². The Kier molecular flexibility index (Phi) is 4.99. The smallest absolute Gasteiger partial charge is 0.0259 e. The van der Waals surface area contributed by atoms with E-state index in [0.717, 1.165) is 0 Å². The van der Waals surface area contributed by atoms with E-state index in [1.165, 1.54) is 0 Å². The second-order valence-electron chi connectivity index (χ2n) is 1.50.